The smallest absolute Gasteiger partial charge is 0.260 e. The monoisotopic (exact) mass is 286 g/mol. The van der Waals surface area contributed by atoms with Crippen LogP contribution in [0.3, 0.4) is 0 Å². The molecule has 2 atom stereocenters. The Morgan fingerprint density at radius 3 is 2.47 bits per heavy atom. The molecule has 0 unspecified atom stereocenters. The second-order valence-corrected chi connectivity index (χ2v) is 6.63. The van der Waals surface area contributed by atoms with Crippen molar-refractivity contribution in [2.24, 2.45) is 0 Å². The van der Waals surface area contributed by atoms with Gasteiger partial charge in [-0.15, -0.1) is 0 Å². The molecule has 1 fully saturated rings. The third kappa shape index (κ3) is 3.11. The summed E-state index contributed by atoms with van der Waals surface area (Å²) in [6.07, 6.45) is 1.12. The molecule has 1 aliphatic heterocycles. The molecule has 1 aliphatic rings. The zero-order chi connectivity index (χ0) is 14.0. The Hall–Kier alpha value is -1.02. The van der Waals surface area contributed by atoms with Crippen LogP contribution < -0.4 is 0 Å². The summed E-state index contributed by atoms with van der Waals surface area (Å²) >= 11 is 0. The number of nitrogens with zero attached hydrogens (tertiary/aromatic N) is 2. The molecule has 0 radical (unpaired) electrons. The van der Waals surface area contributed by atoms with Crippen LogP contribution in [0, 0.1) is 0 Å². The summed E-state index contributed by atoms with van der Waals surface area (Å²) in [6, 6.07) is 2.98. The molecule has 0 amide bonds. The lowest BCUT2D eigenvalue weighted by molar-refractivity contribution is -0.0441. The predicted molar refractivity (Wildman–Crippen MR) is 68.9 cm³/mol. The van der Waals surface area contributed by atoms with Crippen molar-refractivity contribution in [3.05, 3.63) is 23.9 Å². The number of aliphatic hydroxyl groups is 1. The minimum absolute atomic E-state index is 0.00556. The van der Waals surface area contributed by atoms with Gasteiger partial charge in [-0.25, -0.2) is 13.4 Å². The zero-order valence-corrected chi connectivity index (χ0v) is 11.8. The van der Waals surface area contributed by atoms with Gasteiger partial charge in [-0.1, -0.05) is 6.07 Å². The molecular weight excluding hydrogens is 268 g/mol. The van der Waals surface area contributed by atoms with Gasteiger partial charge in [-0.05, 0) is 25.5 Å². The van der Waals surface area contributed by atoms with Crippen molar-refractivity contribution in [2.45, 2.75) is 37.7 Å². The zero-order valence-electron chi connectivity index (χ0n) is 11.0. The number of aliphatic hydroxyl groups excluding tert-OH is 1. The SMILES string of the molecule is C[C@@H]1CN(S(=O)(=O)c2ccc(CO)cn2)C[C@H](C)O1. The Bertz CT molecular complexity index is 519. The number of sulfonamides is 1. The second-order valence-electron chi connectivity index (χ2n) is 4.74. The number of rotatable bonds is 3. The molecule has 1 saturated heterocycles. The van der Waals surface area contributed by atoms with E-state index in [4.69, 9.17) is 9.84 Å². The van der Waals surface area contributed by atoms with Gasteiger partial charge in [-0.2, -0.15) is 4.31 Å². The molecule has 1 aromatic heterocycles. The van der Waals surface area contributed by atoms with Crippen LogP contribution in [0.5, 0.6) is 0 Å². The Morgan fingerprint density at radius 2 is 2.00 bits per heavy atom. The largest absolute Gasteiger partial charge is 0.392 e. The average Bonchev–Trinajstić information content (AvgIpc) is 2.37. The lowest BCUT2D eigenvalue weighted by Crippen LogP contribution is -2.48. The fourth-order valence-electron chi connectivity index (χ4n) is 2.12. The van der Waals surface area contributed by atoms with E-state index in [1.165, 1.54) is 16.6 Å². The lowest BCUT2D eigenvalue weighted by atomic mass is 10.3. The normalized spacial score (nSPS) is 25.4. The van der Waals surface area contributed by atoms with Crippen molar-refractivity contribution in [3.63, 3.8) is 0 Å². The minimum Gasteiger partial charge on any atom is -0.392 e. The van der Waals surface area contributed by atoms with Crippen LogP contribution in [0.25, 0.3) is 0 Å². The second kappa shape index (κ2) is 5.54. The fraction of sp³-hybridized carbons (Fsp3) is 0.583. The first-order valence-corrected chi connectivity index (χ1v) is 7.59. The van der Waals surface area contributed by atoms with E-state index in [-0.39, 0.29) is 23.8 Å². The molecule has 1 N–H and O–H groups in total. The van der Waals surface area contributed by atoms with Crippen LogP contribution in [0.15, 0.2) is 23.4 Å². The summed E-state index contributed by atoms with van der Waals surface area (Å²) in [5, 5.41) is 8.94. The van der Waals surface area contributed by atoms with Crippen LogP contribution >= 0.6 is 0 Å². The van der Waals surface area contributed by atoms with Gasteiger partial charge in [0.1, 0.15) is 0 Å². The van der Waals surface area contributed by atoms with Crippen molar-refractivity contribution in [3.8, 4) is 0 Å². The highest BCUT2D eigenvalue weighted by Crippen LogP contribution is 2.19. The topological polar surface area (TPSA) is 79.7 Å². The first-order valence-electron chi connectivity index (χ1n) is 6.15. The van der Waals surface area contributed by atoms with E-state index in [1.807, 2.05) is 13.8 Å². The molecule has 19 heavy (non-hydrogen) atoms. The van der Waals surface area contributed by atoms with E-state index in [0.29, 0.717) is 18.7 Å². The van der Waals surface area contributed by atoms with Gasteiger partial charge < -0.3 is 9.84 Å². The molecule has 7 heteroatoms. The Balaban J connectivity index is 2.25. The maximum absolute atomic E-state index is 12.4. The van der Waals surface area contributed by atoms with Crippen LogP contribution in [0.1, 0.15) is 19.4 Å². The molecule has 0 saturated carbocycles. The molecule has 2 rings (SSSR count). The van der Waals surface area contributed by atoms with Gasteiger partial charge in [0.2, 0.25) is 0 Å². The lowest BCUT2D eigenvalue weighted by Gasteiger charge is -2.34. The Morgan fingerprint density at radius 1 is 1.37 bits per heavy atom. The third-order valence-electron chi connectivity index (χ3n) is 2.97. The van der Waals surface area contributed by atoms with E-state index in [1.54, 1.807) is 6.07 Å². The van der Waals surface area contributed by atoms with Crippen molar-refractivity contribution >= 4 is 10.0 Å². The molecule has 0 spiro atoms. The first kappa shape index (κ1) is 14.4. The quantitative estimate of drug-likeness (QED) is 0.868. The predicted octanol–water partition coefficient (Wildman–Crippen LogP) is 0.372. The van der Waals surface area contributed by atoms with Crippen LogP contribution in [-0.2, 0) is 21.4 Å². The fourth-order valence-corrected chi connectivity index (χ4v) is 3.62. The molecule has 1 aromatic rings. The molecule has 106 valence electrons. The number of pyridine rings is 1. The summed E-state index contributed by atoms with van der Waals surface area (Å²) in [5.74, 6) is 0. The standard InChI is InChI=1S/C12H18N2O4S/c1-9-6-14(7-10(2)18-9)19(16,17)12-4-3-11(8-15)5-13-12/h3-5,9-10,15H,6-8H2,1-2H3/t9-,10+. The molecule has 0 aromatic carbocycles. The number of hydrogen-bond acceptors (Lipinski definition) is 5. The number of aromatic nitrogens is 1. The summed E-state index contributed by atoms with van der Waals surface area (Å²) in [6.45, 7) is 4.20. The van der Waals surface area contributed by atoms with E-state index in [2.05, 4.69) is 4.98 Å². The van der Waals surface area contributed by atoms with Crippen LogP contribution in [0.2, 0.25) is 0 Å². The Kier molecular flexibility index (Phi) is 4.19. The number of ether oxygens (including phenoxy) is 1. The van der Waals surface area contributed by atoms with Crippen LogP contribution in [0.4, 0.5) is 0 Å². The van der Waals surface area contributed by atoms with Gasteiger partial charge >= 0.3 is 0 Å². The first-order chi connectivity index (χ1) is 8.93. The average molecular weight is 286 g/mol. The maximum atomic E-state index is 12.4. The van der Waals surface area contributed by atoms with Gasteiger partial charge in [0.15, 0.2) is 5.03 Å². The highest BCUT2D eigenvalue weighted by molar-refractivity contribution is 7.89. The summed E-state index contributed by atoms with van der Waals surface area (Å²) in [5.41, 5.74) is 0.586. The van der Waals surface area contributed by atoms with E-state index < -0.39 is 10.0 Å². The molecule has 0 aliphatic carbocycles. The van der Waals surface area contributed by atoms with Crippen molar-refractivity contribution in [1.82, 2.24) is 9.29 Å². The molecule has 2 heterocycles. The Labute approximate surface area is 113 Å². The van der Waals surface area contributed by atoms with Crippen molar-refractivity contribution < 1.29 is 18.3 Å². The number of morpholine rings is 1. The van der Waals surface area contributed by atoms with Crippen molar-refractivity contribution in [1.29, 1.82) is 0 Å². The third-order valence-corrected chi connectivity index (χ3v) is 4.72. The van der Waals surface area contributed by atoms with Gasteiger partial charge in [0.05, 0.1) is 18.8 Å². The molecular formula is C12H18N2O4S. The summed E-state index contributed by atoms with van der Waals surface area (Å²) in [4.78, 5) is 3.92. The molecule has 6 nitrogen and oxygen atoms in total. The van der Waals surface area contributed by atoms with E-state index in [0.717, 1.165) is 0 Å². The van der Waals surface area contributed by atoms with E-state index >= 15 is 0 Å². The van der Waals surface area contributed by atoms with Gasteiger partial charge in [0, 0.05) is 19.3 Å². The minimum atomic E-state index is -3.59. The maximum Gasteiger partial charge on any atom is 0.260 e. The van der Waals surface area contributed by atoms with Crippen LogP contribution in [-0.4, -0.2) is 48.1 Å². The highest BCUT2D eigenvalue weighted by Gasteiger charge is 2.32. The van der Waals surface area contributed by atoms with Crippen molar-refractivity contribution in [2.75, 3.05) is 13.1 Å². The molecule has 0 bridgehead atoms. The number of hydrogen-bond donors (Lipinski definition) is 1. The highest BCUT2D eigenvalue weighted by atomic mass is 32.2. The van der Waals surface area contributed by atoms with Gasteiger partial charge in [0.25, 0.3) is 10.0 Å². The van der Waals surface area contributed by atoms with E-state index in [9.17, 15) is 8.42 Å². The summed E-state index contributed by atoms with van der Waals surface area (Å²) < 4.78 is 31.8. The summed E-state index contributed by atoms with van der Waals surface area (Å²) in [7, 11) is -3.59. The van der Waals surface area contributed by atoms with Gasteiger partial charge in [-0.3, -0.25) is 0 Å².